The molecule has 1 atom stereocenters. The Bertz CT molecular complexity index is 573. The zero-order chi connectivity index (χ0) is 14.9. The lowest BCUT2D eigenvalue weighted by Gasteiger charge is -2.30. The van der Waals surface area contributed by atoms with Crippen LogP contribution in [0.1, 0.15) is 11.3 Å². The lowest BCUT2D eigenvalue weighted by Crippen LogP contribution is -2.42. The molecule has 1 unspecified atom stereocenters. The fourth-order valence-electron chi connectivity index (χ4n) is 3.27. The molecule has 3 rings (SSSR count). The molecule has 0 radical (unpaired) electrons. The van der Waals surface area contributed by atoms with Crippen molar-refractivity contribution in [3.63, 3.8) is 0 Å². The third-order valence-corrected chi connectivity index (χ3v) is 6.46. The Morgan fingerprint density at radius 2 is 2.24 bits per heavy atom. The van der Waals surface area contributed by atoms with Crippen molar-refractivity contribution in [2.75, 3.05) is 45.6 Å². The molecule has 1 aromatic heterocycles. The summed E-state index contributed by atoms with van der Waals surface area (Å²) in [6, 6.07) is 4.23. The zero-order valence-electron chi connectivity index (χ0n) is 12.3. The summed E-state index contributed by atoms with van der Waals surface area (Å²) in [5.41, 5.74) is -0.0448. The monoisotopic (exact) mass is 330 g/mol. The van der Waals surface area contributed by atoms with Crippen LogP contribution in [-0.4, -0.2) is 63.3 Å². The Hall–Kier alpha value is -0.470. The van der Waals surface area contributed by atoms with Gasteiger partial charge in [-0.25, -0.2) is 8.42 Å². The zero-order valence-corrected chi connectivity index (χ0v) is 14.0. The first kappa shape index (κ1) is 15.4. The van der Waals surface area contributed by atoms with Gasteiger partial charge in [-0.15, -0.1) is 11.3 Å². The van der Waals surface area contributed by atoms with Crippen LogP contribution >= 0.6 is 11.3 Å². The quantitative estimate of drug-likeness (QED) is 0.836. The fourth-order valence-corrected chi connectivity index (χ4v) is 4.93. The lowest BCUT2D eigenvalue weighted by molar-refractivity contribution is 0.0722. The van der Waals surface area contributed by atoms with Crippen LogP contribution in [0.3, 0.4) is 0 Å². The Balaban J connectivity index is 1.69. The minimum atomic E-state index is -3.14. The van der Waals surface area contributed by atoms with E-state index in [4.69, 9.17) is 4.74 Å². The van der Waals surface area contributed by atoms with Gasteiger partial charge in [-0.3, -0.25) is 4.90 Å². The van der Waals surface area contributed by atoms with Crippen LogP contribution in [0.25, 0.3) is 0 Å². The minimum absolute atomic E-state index is 0.0448. The van der Waals surface area contributed by atoms with Crippen LogP contribution in [-0.2, 0) is 21.3 Å². The van der Waals surface area contributed by atoms with Gasteiger partial charge in [0.05, 0.1) is 19.5 Å². The number of nitrogens with zero attached hydrogens (tertiary/aromatic N) is 2. The largest absolute Gasteiger partial charge is 0.379 e. The van der Waals surface area contributed by atoms with Crippen LogP contribution in [0.15, 0.2) is 17.5 Å². The second-order valence-corrected chi connectivity index (χ2v) is 9.20. The normalized spacial score (nSPS) is 29.0. The van der Waals surface area contributed by atoms with E-state index in [2.05, 4.69) is 22.4 Å². The van der Waals surface area contributed by atoms with E-state index in [1.54, 1.807) is 15.6 Å². The molecule has 7 heteroatoms. The highest BCUT2D eigenvalue weighted by Gasteiger charge is 2.42. The molecule has 0 aliphatic carbocycles. The van der Waals surface area contributed by atoms with Crippen LogP contribution in [0.2, 0.25) is 0 Å². The maximum Gasteiger partial charge on any atom is 0.211 e. The number of rotatable bonds is 3. The van der Waals surface area contributed by atoms with Crippen molar-refractivity contribution in [1.82, 2.24) is 9.21 Å². The molecule has 0 N–H and O–H groups in total. The minimum Gasteiger partial charge on any atom is -0.379 e. The molecule has 2 aliphatic heterocycles. The van der Waals surface area contributed by atoms with E-state index in [1.807, 2.05) is 0 Å². The van der Waals surface area contributed by atoms with Crippen LogP contribution in [0.4, 0.5) is 0 Å². The molecule has 3 heterocycles. The molecule has 2 aliphatic rings. The van der Waals surface area contributed by atoms with Crippen LogP contribution in [0.5, 0.6) is 0 Å². The molecule has 5 nitrogen and oxygen atoms in total. The van der Waals surface area contributed by atoms with Crippen molar-refractivity contribution < 1.29 is 13.2 Å². The first-order valence-corrected chi connectivity index (χ1v) is 9.97. The van der Waals surface area contributed by atoms with E-state index in [9.17, 15) is 8.42 Å². The summed E-state index contributed by atoms with van der Waals surface area (Å²) in [6.45, 7) is 5.12. The molecule has 2 fully saturated rings. The van der Waals surface area contributed by atoms with Crippen molar-refractivity contribution in [1.29, 1.82) is 0 Å². The van der Waals surface area contributed by atoms with Gasteiger partial charge < -0.3 is 4.74 Å². The maximum atomic E-state index is 11.9. The number of thiophene rings is 1. The predicted octanol–water partition coefficient (Wildman–Crippen LogP) is 1.23. The second-order valence-electron chi connectivity index (χ2n) is 6.19. The van der Waals surface area contributed by atoms with E-state index in [0.29, 0.717) is 26.3 Å². The number of ether oxygens (including phenoxy) is 1. The van der Waals surface area contributed by atoms with Gasteiger partial charge in [0.25, 0.3) is 0 Å². The van der Waals surface area contributed by atoms with Crippen LogP contribution < -0.4 is 0 Å². The summed E-state index contributed by atoms with van der Waals surface area (Å²) >= 11 is 1.77. The number of hydrogen-bond donors (Lipinski definition) is 0. The average Bonchev–Trinajstić information content (AvgIpc) is 2.98. The van der Waals surface area contributed by atoms with E-state index >= 15 is 0 Å². The van der Waals surface area contributed by atoms with Crippen molar-refractivity contribution in [2.45, 2.75) is 13.0 Å². The molecular formula is C14H22N2O3S2. The van der Waals surface area contributed by atoms with E-state index < -0.39 is 10.0 Å². The molecule has 1 spiro atoms. The van der Waals surface area contributed by atoms with Crippen molar-refractivity contribution >= 4 is 21.4 Å². The van der Waals surface area contributed by atoms with Gasteiger partial charge in [0.2, 0.25) is 10.0 Å². The van der Waals surface area contributed by atoms with E-state index in [0.717, 1.165) is 26.1 Å². The molecule has 2 saturated heterocycles. The molecule has 0 amide bonds. The maximum absolute atomic E-state index is 11.9. The third kappa shape index (κ3) is 3.65. The molecule has 0 aromatic carbocycles. The molecular weight excluding hydrogens is 308 g/mol. The SMILES string of the molecule is CS(=O)(=O)N1CCOCC2(CCN(Cc3cccs3)C2)C1. The first-order valence-electron chi connectivity index (χ1n) is 7.25. The Labute approximate surface area is 130 Å². The van der Waals surface area contributed by atoms with Gasteiger partial charge >= 0.3 is 0 Å². The number of sulfonamides is 1. The van der Waals surface area contributed by atoms with Crippen molar-refractivity contribution in [2.24, 2.45) is 5.41 Å². The number of likely N-dealkylation sites (tertiary alicyclic amines) is 1. The standard InChI is InChI=1S/C14H22N2O3S2/c1-21(17,18)16-6-7-19-12-14(11-16)4-5-15(10-14)9-13-3-2-8-20-13/h2-3,8H,4-7,9-12H2,1H3. The van der Waals surface area contributed by atoms with Crippen molar-refractivity contribution in [3.05, 3.63) is 22.4 Å². The average molecular weight is 330 g/mol. The van der Waals surface area contributed by atoms with Gasteiger partial charge in [-0.2, -0.15) is 4.31 Å². The summed E-state index contributed by atoms with van der Waals surface area (Å²) in [5.74, 6) is 0. The number of hydrogen-bond acceptors (Lipinski definition) is 5. The highest BCUT2D eigenvalue weighted by Crippen LogP contribution is 2.35. The third-order valence-electron chi connectivity index (χ3n) is 4.35. The van der Waals surface area contributed by atoms with Crippen molar-refractivity contribution in [3.8, 4) is 0 Å². The molecule has 21 heavy (non-hydrogen) atoms. The van der Waals surface area contributed by atoms with E-state index in [-0.39, 0.29) is 5.41 Å². The van der Waals surface area contributed by atoms with E-state index in [1.165, 1.54) is 11.1 Å². The smallest absolute Gasteiger partial charge is 0.211 e. The van der Waals surface area contributed by atoms with Crippen LogP contribution in [0, 0.1) is 5.41 Å². The molecule has 1 aromatic rings. The fraction of sp³-hybridized carbons (Fsp3) is 0.714. The molecule has 118 valence electrons. The lowest BCUT2D eigenvalue weighted by atomic mass is 9.88. The summed E-state index contributed by atoms with van der Waals surface area (Å²) < 4.78 is 31.1. The summed E-state index contributed by atoms with van der Waals surface area (Å²) in [6.07, 6.45) is 2.30. The summed E-state index contributed by atoms with van der Waals surface area (Å²) in [7, 11) is -3.14. The highest BCUT2D eigenvalue weighted by molar-refractivity contribution is 7.88. The predicted molar refractivity (Wildman–Crippen MR) is 83.9 cm³/mol. The summed E-state index contributed by atoms with van der Waals surface area (Å²) in [4.78, 5) is 3.78. The highest BCUT2D eigenvalue weighted by atomic mass is 32.2. The molecule has 0 saturated carbocycles. The Morgan fingerprint density at radius 3 is 2.95 bits per heavy atom. The molecule has 0 bridgehead atoms. The second kappa shape index (κ2) is 5.96. The Kier molecular flexibility index (Phi) is 4.38. The Morgan fingerprint density at radius 1 is 1.38 bits per heavy atom. The van der Waals surface area contributed by atoms with Gasteiger partial charge in [0.1, 0.15) is 0 Å². The summed E-state index contributed by atoms with van der Waals surface area (Å²) in [5, 5.41) is 2.10. The van der Waals surface area contributed by atoms with Gasteiger partial charge in [-0.05, 0) is 24.4 Å². The topological polar surface area (TPSA) is 49.9 Å². The first-order chi connectivity index (χ1) is 9.97. The van der Waals surface area contributed by atoms with Gasteiger partial charge in [-0.1, -0.05) is 6.07 Å². The van der Waals surface area contributed by atoms with Gasteiger partial charge in [0.15, 0.2) is 0 Å². The van der Waals surface area contributed by atoms with Gasteiger partial charge in [0, 0.05) is 36.5 Å².